The van der Waals surface area contributed by atoms with Crippen molar-refractivity contribution in [1.29, 1.82) is 0 Å². The van der Waals surface area contributed by atoms with Crippen molar-refractivity contribution in [1.82, 2.24) is 5.16 Å². The van der Waals surface area contributed by atoms with Crippen LogP contribution in [0.3, 0.4) is 0 Å². The molecule has 5 rings (SSSR count). The average Bonchev–Trinajstić information content (AvgIpc) is 3.39. The van der Waals surface area contributed by atoms with E-state index >= 15 is 0 Å². The molecule has 0 aliphatic carbocycles. The van der Waals surface area contributed by atoms with Gasteiger partial charge in [-0.25, -0.2) is 0 Å². The minimum atomic E-state index is -0.875. The SMILES string of the molecule is COc1cc(C2c3c(oc4ccc(Br)cc4c3=O)C(=O)N2c2cc(C)on2)cc(OC)c1OC. The predicted octanol–water partition coefficient (Wildman–Crippen LogP) is 4.63. The number of anilines is 1. The van der Waals surface area contributed by atoms with Crippen LogP contribution in [0.1, 0.15) is 33.5 Å². The number of methoxy groups -OCH3 is 3. The Kier molecular flexibility index (Phi) is 5.32. The molecule has 0 spiro atoms. The molecular formula is C24H19BrN2O7. The van der Waals surface area contributed by atoms with Crippen molar-refractivity contribution in [2.24, 2.45) is 0 Å². The summed E-state index contributed by atoms with van der Waals surface area (Å²) in [6, 6.07) is 9.19. The maximum absolute atomic E-state index is 13.7. The number of aromatic nitrogens is 1. The summed E-state index contributed by atoms with van der Waals surface area (Å²) in [5.41, 5.74) is 0.712. The highest BCUT2D eigenvalue weighted by Gasteiger charge is 2.45. The lowest BCUT2D eigenvalue weighted by Gasteiger charge is -2.24. The second-order valence-electron chi connectivity index (χ2n) is 7.65. The molecular weight excluding hydrogens is 508 g/mol. The van der Waals surface area contributed by atoms with Crippen LogP contribution in [0.4, 0.5) is 5.82 Å². The quantitative estimate of drug-likeness (QED) is 0.370. The largest absolute Gasteiger partial charge is 0.493 e. The van der Waals surface area contributed by atoms with Crippen LogP contribution in [-0.4, -0.2) is 32.4 Å². The Labute approximate surface area is 201 Å². The van der Waals surface area contributed by atoms with Gasteiger partial charge in [-0.05, 0) is 42.8 Å². The Balaban J connectivity index is 1.84. The lowest BCUT2D eigenvalue weighted by molar-refractivity contribution is 0.0969. The number of carbonyl (C=O) groups excluding carboxylic acids is 1. The lowest BCUT2D eigenvalue weighted by atomic mass is 9.97. The molecule has 0 saturated carbocycles. The van der Waals surface area contributed by atoms with Crippen LogP contribution in [0.15, 0.2) is 54.6 Å². The highest BCUT2D eigenvalue weighted by atomic mass is 79.9. The van der Waals surface area contributed by atoms with Gasteiger partial charge >= 0.3 is 0 Å². The summed E-state index contributed by atoms with van der Waals surface area (Å²) < 4.78 is 28.3. The van der Waals surface area contributed by atoms with E-state index in [0.717, 1.165) is 0 Å². The highest BCUT2D eigenvalue weighted by molar-refractivity contribution is 9.10. The van der Waals surface area contributed by atoms with E-state index in [4.69, 9.17) is 23.2 Å². The van der Waals surface area contributed by atoms with E-state index in [2.05, 4.69) is 21.1 Å². The first kappa shape index (κ1) is 22.0. The first-order valence-corrected chi connectivity index (χ1v) is 11.0. The normalized spacial score (nSPS) is 15.0. The third-order valence-electron chi connectivity index (χ3n) is 5.70. The molecule has 10 heteroatoms. The van der Waals surface area contributed by atoms with Gasteiger partial charge in [0.05, 0.1) is 38.3 Å². The second kappa shape index (κ2) is 8.21. The van der Waals surface area contributed by atoms with Crippen LogP contribution in [0.5, 0.6) is 17.2 Å². The summed E-state index contributed by atoms with van der Waals surface area (Å²) >= 11 is 3.40. The van der Waals surface area contributed by atoms with Crippen molar-refractivity contribution >= 4 is 38.6 Å². The smallest absolute Gasteiger partial charge is 0.296 e. The zero-order chi connectivity index (χ0) is 24.1. The maximum atomic E-state index is 13.7. The van der Waals surface area contributed by atoms with Crippen molar-refractivity contribution in [3.8, 4) is 17.2 Å². The first-order valence-electron chi connectivity index (χ1n) is 10.2. The summed E-state index contributed by atoms with van der Waals surface area (Å²) in [5, 5.41) is 4.37. The van der Waals surface area contributed by atoms with Gasteiger partial charge in [0.1, 0.15) is 11.3 Å². The Morgan fingerprint density at radius 2 is 1.71 bits per heavy atom. The topological polar surface area (TPSA) is 104 Å². The summed E-state index contributed by atoms with van der Waals surface area (Å²) in [7, 11) is 4.48. The minimum Gasteiger partial charge on any atom is -0.493 e. The molecule has 9 nitrogen and oxygen atoms in total. The summed E-state index contributed by atoms with van der Waals surface area (Å²) in [6.07, 6.45) is 0. The number of hydrogen-bond donors (Lipinski definition) is 0. The summed E-state index contributed by atoms with van der Waals surface area (Å²) in [6.45, 7) is 1.72. The molecule has 0 radical (unpaired) electrons. The fraction of sp³-hybridized carbons (Fsp3) is 0.208. The van der Waals surface area contributed by atoms with E-state index in [-0.39, 0.29) is 22.6 Å². The molecule has 0 N–H and O–H groups in total. The van der Waals surface area contributed by atoms with Crippen LogP contribution in [0.2, 0.25) is 0 Å². The number of fused-ring (bicyclic) bond motifs is 2. The van der Waals surface area contributed by atoms with Crippen molar-refractivity contribution in [2.75, 3.05) is 26.2 Å². The number of hydrogen-bond acceptors (Lipinski definition) is 8. The Morgan fingerprint density at radius 1 is 1.00 bits per heavy atom. The van der Waals surface area contributed by atoms with Crippen LogP contribution in [-0.2, 0) is 0 Å². The van der Waals surface area contributed by atoms with Crippen molar-refractivity contribution in [3.63, 3.8) is 0 Å². The van der Waals surface area contributed by atoms with E-state index < -0.39 is 11.9 Å². The van der Waals surface area contributed by atoms with Crippen molar-refractivity contribution in [3.05, 3.63) is 73.7 Å². The molecule has 2 aromatic heterocycles. The minimum absolute atomic E-state index is 0.0563. The van der Waals surface area contributed by atoms with Crippen LogP contribution in [0.25, 0.3) is 11.0 Å². The fourth-order valence-electron chi connectivity index (χ4n) is 4.22. The molecule has 1 amide bonds. The standard InChI is InChI=1S/C24H19BrN2O7/c1-11-7-18(26-34-11)27-20(12-8-16(30-2)22(32-4)17(9-12)31-3)19-21(28)14-10-13(25)5-6-15(14)33-23(19)24(27)29/h5-10,20H,1-4H3. The number of aryl methyl sites for hydroxylation is 1. The molecule has 174 valence electrons. The Bertz CT molecular complexity index is 1480. The Hall–Kier alpha value is -3.79. The number of nitrogens with zero attached hydrogens (tertiary/aromatic N) is 2. The number of carbonyl (C=O) groups is 1. The molecule has 1 aliphatic rings. The summed E-state index contributed by atoms with van der Waals surface area (Å²) in [4.78, 5) is 28.7. The monoisotopic (exact) mass is 526 g/mol. The van der Waals surface area contributed by atoms with Gasteiger partial charge in [0.2, 0.25) is 11.5 Å². The molecule has 2 aromatic carbocycles. The van der Waals surface area contributed by atoms with Crippen LogP contribution >= 0.6 is 15.9 Å². The van der Waals surface area contributed by atoms with E-state index in [1.165, 1.54) is 26.2 Å². The molecule has 0 fully saturated rings. The van der Waals surface area contributed by atoms with Gasteiger partial charge in [-0.2, -0.15) is 0 Å². The lowest BCUT2D eigenvalue weighted by Crippen LogP contribution is -2.29. The number of ether oxygens (including phenoxy) is 3. The van der Waals surface area contributed by atoms with E-state index in [1.54, 1.807) is 43.3 Å². The van der Waals surface area contributed by atoms with Gasteiger partial charge in [-0.3, -0.25) is 14.5 Å². The van der Waals surface area contributed by atoms with Gasteiger partial charge in [-0.15, -0.1) is 0 Å². The summed E-state index contributed by atoms with van der Waals surface area (Å²) in [5.74, 6) is 1.33. The highest BCUT2D eigenvalue weighted by Crippen LogP contribution is 2.46. The maximum Gasteiger partial charge on any atom is 0.296 e. The zero-order valence-electron chi connectivity index (χ0n) is 18.7. The van der Waals surface area contributed by atoms with Gasteiger partial charge in [0, 0.05) is 10.5 Å². The van der Waals surface area contributed by atoms with E-state index in [1.807, 2.05) is 0 Å². The molecule has 1 unspecified atom stereocenters. The number of rotatable bonds is 5. The number of benzene rings is 2. The molecule has 4 aromatic rings. The molecule has 34 heavy (non-hydrogen) atoms. The van der Waals surface area contributed by atoms with Gasteiger partial charge in [-0.1, -0.05) is 21.1 Å². The number of amides is 1. The van der Waals surface area contributed by atoms with Gasteiger partial charge in [0.25, 0.3) is 5.91 Å². The van der Waals surface area contributed by atoms with Crippen molar-refractivity contribution < 1.29 is 27.9 Å². The first-order chi connectivity index (χ1) is 16.4. The average molecular weight is 527 g/mol. The third-order valence-corrected chi connectivity index (χ3v) is 6.19. The van der Waals surface area contributed by atoms with Gasteiger partial charge in [0.15, 0.2) is 22.7 Å². The second-order valence-corrected chi connectivity index (χ2v) is 8.56. The van der Waals surface area contributed by atoms with Crippen molar-refractivity contribution in [2.45, 2.75) is 13.0 Å². The zero-order valence-corrected chi connectivity index (χ0v) is 20.3. The fourth-order valence-corrected chi connectivity index (χ4v) is 4.58. The predicted molar refractivity (Wildman–Crippen MR) is 126 cm³/mol. The molecule has 0 bridgehead atoms. The molecule has 1 atom stereocenters. The van der Waals surface area contributed by atoms with E-state index in [0.29, 0.717) is 44.0 Å². The molecule has 3 heterocycles. The molecule has 1 aliphatic heterocycles. The molecule has 0 saturated heterocycles. The van der Waals surface area contributed by atoms with Gasteiger partial charge < -0.3 is 23.2 Å². The Morgan fingerprint density at radius 3 is 2.29 bits per heavy atom. The van der Waals surface area contributed by atoms with Crippen LogP contribution < -0.4 is 24.5 Å². The van der Waals surface area contributed by atoms with Crippen LogP contribution in [0, 0.1) is 6.92 Å². The number of halogens is 1. The third kappa shape index (κ3) is 3.25. The van der Waals surface area contributed by atoms with E-state index in [9.17, 15) is 9.59 Å².